The van der Waals surface area contributed by atoms with Crippen molar-refractivity contribution < 1.29 is 4.79 Å². The quantitative estimate of drug-likeness (QED) is 0.584. The van der Waals surface area contributed by atoms with Crippen LogP contribution in [0, 0.1) is 0 Å². The zero-order chi connectivity index (χ0) is 11.4. The van der Waals surface area contributed by atoms with E-state index in [1.165, 1.54) is 6.33 Å². The van der Waals surface area contributed by atoms with Crippen LogP contribution in [0.25, 0.3) is 0 Å². The van der Waals surface area contributed by atoms with Crippen LogP contribution in [0.4, 0.5) is 5.82 Å². The molecular weight excluding hydrogens is 214 g/mol. The van der Waals surface area contributed by atoms with Gasteiger partial charge in [-0.05, 0) is 13.3 Å². The number of anilines is 1. The van der Waals surface area contributed by atoms with E-state index in [0.717, 1.165) is 6.42 Å². The summed E-state index contributed by atoms with van der Waals surface area (Å²) in [7, 11) is 1.89. The number of rotatable bonds is 4. The summed E-state index contributed by atoms with van der Waals surface area (Å²) in [5.41, 5.74) is 0.349. The number of carbonyl (C=O) groups is 1. The molecule has 1 atom stereocenters. The summed E-state index contributed by atoms with van der Waals surface area (Å²) in [6.45, 7) is 4.13. The Morgan fingerprint density at radius 1 is 1.60 bits per heavy atom. The number of nitrogens with zero attached hydrogens (tertiary/aromatic N) is 3. The van der Waals surface area contributed by atoms with Crippen molar-refractivity contribution in [3.05, 3.63) is 17.0 Å². The highest BCUT2D eigenvalue weighted by molar-refractivity contribution is 6.32. The lowest BCUT2D eigenvalue weighted by Gasteiger charge is -2.25. The van der Waals surface area contributed by atoms with Crippen molar-refractivity contribution in [2.45, 2.75) is 26.3 Å². The summed E-state index contributed by atoms with van der Waals surface area (Å²) >= 11 is 5.81. The van der Waals surface area contributed by atoms with Crippen LogP contribution in [0.5, 0.6) is 0 Å². The smallest absolute Gasteiger partial charge is 0.156 e. The lowest BCUT2D eigenvalue weighted by atomic mass is 10.2. The molecule has 0 aliphatic carbocycles. The van der Waals surface area contributed by atoms with Gasteiger partial charge in [0.1, 0.15) is 17.3 Å². The summed E-state index contributed by atoms with van der Waals surface area (Å²) in [4.78, 5) is 20.7. The fraction of sp³-hybridized carbons (Fsp3) is 0.500. The van der Waals surface area contributed by atoms with Gasteiger partial charge in [0.15, 0.2) is 6.29 Å². The number of carbonyl (C=O) groups excluding carboxylic acids is 1. The molecule has 0 aliphatic rings. The number of hydrogen-bond acceptors (Lipinski definition) is 4. The van der Waals surface area contributed by atoms with Gasteiger partial charge in [0.25, 0.3) is 0 Å². The lowest BCUT2D eigenvalue weighted by Crippen LogP contribution is -2.30. The topological polar surface area (TPSA) is 46.1 Å². The highest BCUT2D eigenvalue weighted by Crippen LogP contribution is 2.22. The molecule has 0 bridgehead atoms. The minimum absolute atomic E-state index is 0.199. The number of aromatic nitrogens is 2. The average Bonchev–Trinajstić information content (AvgIpc) is 2.26. The molecule has 0 saturated carbocycles. The van der Waals surface area contributed by atoms with E-state index in [1.54, 1.807) is 0 Å². The number of halogens is 1. The summed E-state index contributed by atoms with van der Waals surface area (Å²) in [6.07, 6.45) is 3.02. The van der Waals surface area contributed by atoms with Gasteiger partial charge in [-0.1, -0.05) is 18.5 Å². The molecule has 1 unspecified atom stereocenters. The molecule has 0 spiro atoms. The second kappa shape index (κ2) is 5.07. The van der Waals surface area contributed by atoms with Gasteiger partial charge in [0.05, 0.1) is 5.56 Å². The second-order valence-corrected chi connectivity index (χ2v) is 3.75. The van der Waals surface area contributed by atoms with E-state index in [0.29, 0.717) is 23.7 Å². The zero-order valence-electron chi connectivity index (χ0n) is 9.07. The van der Waals surface area contributed by atoms with Crippen molar-refractivity contribution >= 4 is 23.7 Å². The molecule has 0 aliphatic heterocycles. The first-order chi connectivity index (χ1) is 7.11. The fourth-order valence-corrected chi connectivity index (χ4v) is 1.40. The average molecular weight is 228 g/mol. The molecule has 4 nitrogen and oxygen atoms in total. The van der Waals surface area contributed by atoms with E-state index in [9.17, 15) is 4.79 Å². The molecule has 0 radical (unpaired) electrons. The number of aldehydes is 1. The Balaban J connectivity index is 3.13. The van der Waals surface area contributed by atoms with Crippen molar-refractivity contribution in [1.29, 1.82) is 0 Å². The third kappa shape index (κ3) is 2.45. The summed E-state index contributed by atoms with van der Waals surface area (Å²) < 4.78 is 0. The summed E-state index contributed by atoms with van der Waals surface area (Å²) in [5.74, 6) is 0.583. The molecule has 15 heavy (non-hydrogen) atoms. The van der Waals surface area contributed by atoms with E-state index < -0.39 is 0 Å². The van der Waals surface area contributed by atoms with E-state index in [1.807, 2.05) is 11.9 Å². The van der Waals surface area contributed by atoms with Crippen LogP contribution in [-0.4, -0.2) is 29.3 Å². The van der Waals surface area contributed by atoms with Gasteiger partial charge in [0.2, 0.25) is 0 Å². The first kappa shape index (κ1) is 11.9. The van der Waals surface area contributed by atoms with Crippen molar-refractivity contribution in [3.63, 3.8) is 0 Å². The molecule has 1 aromatic heterocycles. The molecule has 82 valence electrons. The largest absolute Gasteiger partial charge is 0.356 e. The second-order valence-electron chi connectivity index (χ2n) is 3.39. The predicted octanol–water partition coefficient (Wildman–Crippen LogP) is 2.18. The van der Waals surface area contributed by atoms with Crippen molar-refractivity contribution in [1.82, 2.24) is 9.97 Å². The third-order valence-corrected chi connectivity index (χ3v) is 2.82. The van der Waals surface area contributed by atoms with Crippen LogP contribution in [0.2, 0.25) is 5.15 Å². The summed E-state index contributed by atoms with van der Waals surface area (Å²) in [6, 6.07) is 0.301. The maximum absolute atomic E-state index is 10.9. The number of hydrogen-bond donors (Lipinski definition) is 0. The molecular formula is C10H14ClN3O. The highest BCUT2D eigenvalue weighted by atomic mass is 35.5. The molecule has 0 amide bonds. The SMILES string of the molecule is CCC(C)N(C)c1ncnc(Cl)c1C=O. The Labute approximate surface area is 94.3 Å². The van der Waals surface area contributed by atoms with Gasteiger partial charge in [-0.25, -0.2) is 9.97 Å². The maximum atomic E-state index is 10.9. The van der Waals surface area contributed by atoms with Crippen LogP contribution in [0.15, 0.2) is 6.33 Å². The first-order valence-corrected chi connectivity index (χ1v) is 5.18. The Bertz CT molecular complexity index is 357. The fourth-order valence-electron chi connectivity index (χ4n) is 1.23. The molecule has 0 fully saturated rings. The van der Waals surface area contributed by atoms with Crippen molar-refractivity contribution in [2.75, 3.05) is 11.9 Å². The van der Waals surface area contributed by atoms with Crippen LogP contribution in [0.1, 0.15) is 30.6 Å². The molecule has 1 heterocycles. The normalized spacial score (nSPS) is 12.3. The molecule has 1 rings (SSSR count). The minimum Gasteiger partial charge on any atom is -0.356 e. The Morgan fingerprint density at radius 2 is 2.27 bits per heavy atom. The Kier molecular flexibility index (Phi) is 4.03. The van der Waals surface area contributed by atoms with Gasteiger partial charge in [-0.3, -0.25) is 4.79 Å². The lowest BCUT2D eigenvalue weighted by molar-refractivity contribution is 0.112. The van der Waals surface area contributed by atoms with Gasteiger partial charge < -0.3 is 4.90 Å². The monoisotopic (exact) mass is 227 g/mol. The summed E-state index contributed by atoms with van der Waals surface area (Å²) in [5, 5.41) is 0.199. The van der Waals surface area contributed by atoms with Crippen LogP contribution in [0.3, 0.4) is 0 Å². The third-order valence-electron chi connectivity index (χ3n) is 2.52. The molecule has 5 heteroatoms. The van der Waals surface area contributed by atoms with Gasteiger partial charge >= 0.3 is 0 Å². The van der Waals surface area contributed by atoms with Gasteiger partial charge in [-0.15, -0.1) is 0 Å². The van der Waals surface area contributed by atoms with Gasteiger partial charge in [-0.2, -0.15) is 0 Å². The van der Waals surface area contributed by atoms with Crippen LogP contribution < -0.4 is 4.90 Å². The Morgan fingerprint density at radius 3 is 2.80 bits per heavy atom. The van der Waals surface area contributed by atoms with E-state index in [4.69, 9.17) is 11.6 Å². The molecule has 0 N–H and O–H groups in total. The highest BCUT2D eigenvalue weighted by Gasteiger charge is 2.16. The first-order valence-electron chi connectivity index (χ1n) is 4.80. The predicted molar refractivity (Wildman–Crippen MR) is 60.6 cm³/mol. The van der Waals surface area contributed by atoms with Crippen molar-refractivity contribution in [3.8, 4) is 0 Å². The minimum atomic E-state index is 0.199. The zero-order valence-corrected chi connectivity index (χ0v) is 9.82. The standard InChI is InChI=1S/C10H14ClN3O/c1-4-7(2)14(3)10-8(5-15)9(11)12-6-13-10/h5-7H,4H2,1-3H3. The van der Waals surface area contributed by atoms with E-state index in [2.05, 4.69) is 23.8 Å². The molecule has 1 aromatic rings. The molecule has 0 saturated heterocycles. The van der Waals surface area contributed by atoms with Crippen molar-refractivity contribution in [2.24, 2.45) is 0 Å². The Hall–Kier alpha value is -1.16. The van der Waals surface area contributed by atoms with E-state index >= 15 is 0 Å². The van der Waals surface area contributed by atoms with Gasteiger partial charge in [0, 0.05) is 13.1 Å². The van der Waals surface area contributed by atoms with Crippen LogP contribution >= 0.6 is 11.6 Å². The van der Waals surface area contributed by atoms with E-state index in [-0.39, 0.29) is 5.15 Å². The maximum Gasteiger partial charge on any atom is 0.156 e. The molecule has 0 aromatic carbocycles. The van der Waals surface area contributed by atoms with Crippen LogP contribution in [-0.2, 0) is 0 Å².